The molecule has 2 aromatic carbocycles. The first-order valence-electron chi connectivity index (χ1n) is 10.2. The fourth-order valence-electron chi connectivity index (χ4n) is 3.51. The fourth-order valence-corrected chi connectivity index (χ4v) is 4.30. The molecule has 4 nitrogen and oxygen atoms in total. The molecule has 1 atom stereocenters. The average Bonchev–Trinajstić information content (AvgIpc) is 3.32. The van der Waals surface area contributed by atoms with Crippen LogP contribution in [0.3, 0.4) is 0 Å². The van der Waals surface area contributed by atoms with Crippen LogP contribution in [0.15, 0.2) is 72.1 Å². The predicted octanol–water partition coefficient (Wildman–Crippen LogP) is 6.35. The number of rotatable bonds is 7. The number of hydrogen-bond acceptors (Lipinski definition) is 4. The van der Waals surface area contributed by atoms with Crippen LogP contribution in [0.2, 0.25) is 0 Å². The topological polar surface area (TPSA) is 38.8 Å². The lowest BCUT2D eigenvalue weighted by Gasteiger charge is -2.24. The Bertz CT molecular complexity index is 998. The number of benzene rings is 2. The van der Waals surface area contributed by atoms with E-state index in [4.69, 9.17) is 9.47 Å². The van der Waals surface area contributed by atoms with E-state index in [0.29, 0.717) is 18.7 Å². The van der Waals surface area contributed by atoms with Crippen LogP contribution in [0.1, 0.15) is 34.9 Å². The lowest BCUT2D eigenvalue weighted by molar-refractivity contribution is 0.146. The molecule has 1 aliphatic rings. The van der Waals surface area contributed by atoms with Crippen LogP contribution >= 0.6 is 11.3 Å². The highest BCUT2D eigenvalue weighted by molar-refractivity contribution is 7.10. The number of nitrogens with zero attached hydrogens (tertiary/aromatic N) is 1. The minimum Gasteiger partial charge on any atom is -0.485 e. The number of allylic oxidation sites excluding steroid dienone is 1. The predicted molar refractivity (Wildman–Crippen MR) is 121 cm³/mol. The van der Waals surface area contributed by atoms with Crippen molar-refractivity contribution in [3.8, 4) is 11.5 Å². The van der Waals surface area contributed by atoms with Crippen LogP contribution < -0.4 is 9.47 Å². The maximum Gasteiger partial charge on any atom is 0.414 e. The molecule has 154 valence electrons. The van der Waals surface area contributed by atoms with E-state index in [1.165, 1.54) is 11.1 Å². The summed E-state index contributed by atoms with van der Waals surface area (Å²) in [5.41, 5.74) is 2.49. The minimum absolute atomic E-state index is 0.116. The van der Waals surface area contributed by atoms with E-state index in [9.17, 15) is 4.79 Å². The van der Waals surface area contributed by atoms with Crippen LogP contribution in [0.4, 0.5) is 4.79 Å². The van der Waals surface area contributed by atoms with Gasteiger partial charge in [0.2, 0.25) is 0 Å². The Morgan fingerprint density at radius 2 is 1.97 bits per heavy atom. The molecule has 1 aromatic heterocycles. The molecule has 0 saturated heterocycles. The Morgan fingerprint density at radius 1 is 1.10 bits per heavy atom. The molecule has 1 heterocycles. The summed E-state index contributed by atoms with van der Waals surface area (Å²) in [7, 11) is 1.76. The number of carbonyl (C=O) groups is 1. The highest BCUT2D eigenvalue weighted by Gasteiger charge is 2.20. The van der Waals surface area contributed by atoms with Crippen molar-refractivity contribution in [3.63, 3.8) is 0 Å². The van der Waals surface area contributed by atoms with Gasteiger partial charge in [0.05, 0.1) is 0 Å². The van der Waals surface area contributed by atoms with Crippen molar-refractivity contribution in [2.75, 3.05) is 13.6 Å². The number of amides is 1. The number of thiophene rings is 1. The SMILES string of the molecule is CN(CC[C@H](Oc1cccc2c1CCC=C2)c1cccs1)C(=O)Oc1ccccc1. The first-order chi connectivity index (χ1) is 14.7. The van der Waals surface area contributed by atoms with Gasteiger partial charge in [0, 0.05) is 30.5 Å². The van der Waals surface area contributed by atoms with Crippen molar-refractivity contribution in [1.82, 2.24) is 4.90 Å². The molecular formula is C25H25NO3S. The molecule has 1 amide bonds. The van der Waals surface area contributed by atoms with Gasteiger partial charge in [-0.15, -0.1) is 11.3 Å². The van der Waals surface area contributed by atoms with Crippen molar-refractivity contribution in [3.05, 3.63) is 88.1 Å². The number of carbonyl (C=O) groups excluding carboxylic acids is 1. The monoisotopic (exact) mass is 419 g/mol. The van der Waals surface area contributed by atoms with Crippen molar-refractivity contribution in [2.24, 2.45) is 0 Å². The molecule has 0 saturated carbocycles. The summed E-state index contributed by atoms with van der Waals surface area (Å²) >= 11 is 1.68. The summed E-state index contributed by atoms with van der Waals surface area (Å²) in [4.78, 5) is 15.2. The van der Waals surface area contributed by atoms with Crippen molar-refractivity contribution >= 4 is 23.5 Å². The normalized spacial score (nSPS) is 13.4. The van der Waals surface area contributed by atoms with Crippen LogP contribution in [-0.4, -0.2) is 24.6 Å². The Morgan fingerprint density at radius 3 is 2.77 bits per heavy atom. The molecule has 0 unspecified atom stereocenters. The third-order valence-corrected chi connectivity index (χ3v) is 6.11. The maximum atomic E-state index is 12.4. The second-order valence-corrected chi connectivity index (χ2v) is 8.26. The van der Waals surface area contributed by atoms with E-state index < -0.39 is 0 Å². The van der Waals surface area contributed by atoms with Crippen LogP contribution in [0.5, 0.6) is 11.5 Å². The highest BCUT2D eigenvalue weighted by Crippen LogP contribution is 2.34. The summed E-state index contributed by atoms with van der Waals surface area (Å²) < 4.78 is 11.9. The summed E-state index contributed by atoms with van der Waals surface area (Å²) in [6.07, 6.45) is 6.59. The standard InChI is InChI=1S/C25H25NO3S/c1-26(25(27)28-20-11-3-2-4-12-20)17-16-23(24-15-8-18-30-24)29-22-14-7-10-19-9-5-6-13-21(19)22/h2-5,7-12,14-15,18,23H,6,13,16-17H2,1H3/t23-/m0/s1. The third kappa shape index (κ3) is 4.92. The number of para-hydroxylation sites is 1. The van der Waals surface area contributed by atoms with Crippen LogP contribution in [0, 0.1) is 0 Å². The number of ether oxygens (including phenoxy) is 2. The van der Waals surface area contributed by atoms with Crippen LogP contribution in [-0.2, 0) is 6.42 Å². The van der Waals surface area contributed by atoms with Crippen molar-refractivity contribution in [2.45, 2.75) is 25.4 Å². The van der Waals surface area contributed by atoms with Gasteiger partial charge < -0.3 is 14.4 Å². The van der Waals surface area contributed by atoms with Gasteiger partial charge in [-0.3, -0.25) is 0 Å². The van der Waals surface area contributed by atoms with E-state index >= 15 is 0 Å². The smallest absolute Gasteiger partial charge is 0.414 e. The molecule has 3 aromatic rings. The van der Waals surface area contributed by atoms with Gasteiger partial charge in [-0.25, -0.2) is 4.79 Å². The van der Waals surface area contributed by atoms with E-state index in [0.717, 1.165) is 23.5 Å². The summed E-state index contributed by atoms with van der Waals surface area (Å²) in [5, 5.41) is 2.06. The molecule has 30 heavy (non-hydrogen) atoms. The molecule has 1 aliphatic carbocycles. The van der Waals surface area contributed by atoms with Gasteiger partial charge in [-0.05, 0) is 48.1 Å². The molecule has 0 bridgehead atoms. The Kier molecular flexibility index (Phi) is 6.50. The fraction of sp³-hybridized carbons (Fsp3) is 0.240. The summed E-state index contributed by atoms with van der Waals surface area (Å²) in [6.45, 7) is 0.531. The molecule has 5 heteroatoms. The van der Waals surface area contributed by atoms with Crippen molar-refractivity contribution < 1.29 is 14.3 Å². The van der Waals surface area contributed by atoms with E-state index in [1.54, 1.807) is 35.4 Å². The molecule has 0 fully saturated rings. The molecule has 0 aliphatic heterocycles. The van der Waals surface area contributed by atoms with Crippen LogP contribution in [0.25, 0.3) is 6.08 Å². The first-order valence-corrected chi connectivity index (χ1v) is 11.0. The maximum absolute atomic E-state index is 12.4. The third-order valence-electron chi connectivity index (χ3n) is 5.14. The average molecular weight is 420 g/mol. The minimum atomic E-state index is -0.367. The van der Waals surface area contributed by atoms with Gasteiger partial charge in [-0.1, -0.05) is 48.6 Å². The van der Waals surface area contributed by atoms with Gasteiger partial charge in [0.15, 0.2) is 0 Å². The quantitative estimate of drug-likeness (QED) is 0.448. The zero-order valence-corrected chi connectivity index (χ0v) is 17.8. The molecule has 0 spiro atoms. The Balaban J connectivity index is 1.44. The van der Waals surface area contributed by atoms with Crippen molar-refractivity contribution in [1.29, 1.82) is 0 Å². The Labute approximate surface area is 181 Å². The van der Waals surface area contributed by atoms with Gasteiger partial charge in [0.25, 0.3) is 0 Å². The van der Waals surface area contributed by atoms with E-state index in [2.05, 4.69) is 29.7 Å². The molecule has 0 radical (unpaired) electrons. The largest absolute Gasteiger partial charge is 0.485 e. The number of hydrogen-bond donors (Lipinski definition) is 0. The molecule has 0 N–H and O–H groups in total. The summed E-state index contributed by atoms with van der Waals surface area (Å²) in [6, 6.07) is 19.5. The van der Waals surface area contributed by atoms with Gasteiger partial charge in [-0.2, -0.15) is 0 Å². The molecule has 4 rings (SSSR count). The van der Waals surface area contributed by atoms with Gasteiger partial charge >= 0.3 is 6.09 Å². The zero-order chi connectivity index (χ0) is 20.8. The zero-order valence-electron chi connectivity index (χ0n) is 17.0. The second kappa shape index (κ2) is 9.63. The Hall–Kier alpha value is -3.05. The summed E-state index contributed by atoms with van der Waals surface area (Å²) in [5.74, 6) is 1.48. The van der Waals surface area contributed by atoms with Gasteiger partial charge in [0.1, 0.15) is 17.6 Å². The molecular weight excluding hydrogens is 394 g/mol. The lowest BCUT2D eigenvalue weighted by atomic mass is 9.96. The lowest BCUT2D eigenvalue weighted by Crippen LogP contribution is -2.31. The van der Waals surface area contributed by atoms with E-state index in [-0.39, 0.29) is 12.2 Å². The van der Waals surface area contributed by atoms with E-state index in [1.807, 2.05) is 36.4 Å². The second-order valence-electron chi connectivity index (χ2n) is 7.28. The first kappa shape index (κ1) is 20.2. The highest BCUT2D eigenvalue weighted by atomic mass is 32.1. The number of fused-ring (bicyclic) bond motifs is 1.